The fourth-order valence-electron chi connectivity index (χ4n) is 1.66. The van der Waals surface area contributed by atoms with E-state index in [4.69, 9.17) is 0 Å². The van der Waals surface area contributed by atoms with Gasteiger partial charge in [0.25, 0.3) is 0 Å². The molecule has 0 aromatic rings. The highest BCUT2D eigenvalue weighted by molar-refractivity contribution is 5.78. The van der Waals surface area contributed by atoms with Gasteiger partial charge in [-0.3, -0.25) is 4.79 Å². The van der Waals surface area contributed by atoms with Crippen LogP contribution in [0.3, 0.4) is 0 Å². The number of hydrogen-bond acceptors (Lipinski definition) is 2. The molecule has 2 N–H and O–H groups in total. The van der Waals surface area contributed by atoms with Crippen molar-refractivity contribution in [2.45, 2.75) is 31.7 Å². The smallest absolute Gasteiger partial charge is 0.233 e. The summed E-state index contributed by atoms with van der Waals surface area (Å²) in [5, 5.41) is 6.20. The molecule has 0 aliphatic heterocycles. The van der Waals surface area contributed by atoms with Gasteiger partial charge in [0.15, 0.2) is 0 Å². The van der Waals surface area contributed by atoms with Gasteiger partial charge >= 0.3 is 0 Å². The summed E-state index contributed by atoms with van der Waals surface area (Å²) < 4.78 is 0. The summed E-state index contributed by atoms with van der Waals surface area (Å²) in [6.07, 6.45) is 9.05. The predicted molar refractivity (Wildman–Crippen MR) is 55.9 cm³/mol. The van der Waals surface area contributed by atoms with E-state index in [0.29, 0.717) is 12.6 Å². The molecule has 78 valence electrons. The van der Waals surface area contributed by atoms with E-state index in [9.17, 15) is 4.79 Å². The fourth-order valence-corrected chi connectivity index (χ4v) is 1.66. The maximum absolute atomic E-state index is 11.3. The van der Waals surface area contributed by atoms with E-state index in [2.05, 4.69) is 22.8 Å². The van der Waals surface area contributed by atoms with Crippen molar-refractivity contribution in [1.29, 1.82) is 0 Å². The van der Waals surface area contributed by atoms with Crippen LogP contribution in [-0.2, 0) is 4.79 Å². The van der Waals surface area contributed by atoms with E-state index in [0.717, 1.165) is 25.3 Å². The number of carbonyl (C=O) groups is 1. The Morgan fingerprint density at radius 3 is 2.64 bits per heavy atom. The maximum atomic E-state index is 11.3. The molecule has 0 bridgehead atoms. The van der Waals surface area contributed by atoms with Gasteiger partial charge in [-0.1, -0.05) is 12.2 Å². The molecule has 2 aliphatic carbocycles. The Labute approximate surface area is 84.9 Å². The molecule has 0 spiro atoms. The van der Waals surface area contributed by atoms with Gasteiger partial charge in [-0.15, -0.1) is 0 Å². The van der Waals surface area contributed by atoms with Gasteiger partial charge in [0.05, 0.1) is 6.54 Å². The number of carbonyl (C=O) groups excluding carboxylic acids is 1. The zero-order valence-electron chi connectivity index (χ0n) is 8.46. The first kappa shape index (κ1) is 9.71. The molecule has 1 saturated carbocycles. The van der Waals surface area contributed by atoms with Gasteiger partial charge in [-0.25, -0.2) is 0 Å². The minimum atomic E-state index is 0.142. The van der Waals surface area contributed by atoms with Crippen molar-refractivity contribution in [2.75, 3.05) is 13.1 Å². The molecule has 3 heteroatoms. The van der Waals surface area contributed by atoms with E-state index in [1.165, 1.54) is 12.8 Å². The third kappa shape index (κ3) is 3.14. The second-order valence-electron chi connectivity index (χ2n) is 4.27. The first-order valence-corrected chi connectivity index (χ1v) is 5.49. The van der Waals surface area contributed by atoms with E-state index in [1.54, 1.807) is 0 Å². The van der Waals surface area contributed by atoms with Crippen LogP contribution in [0.2, 0.25) is 0 Å². The third-order valence-corrected chi connectivity index (χ3v) is 2.84. The quantitative estimate of drug-likeness (QED) is 0.636. The first-order valence-electron chi connectivity index (χ1n) is 5.49. The second kappa shape index (κ2) is 4.60. The molecule has 3 nitrogen and oxygen atoms in total. The molecule has 0 unspecified atom stereocenters. The average Bonchev–Trinajstić information content (AvgIpc) is 2.87. The van der Waals surface area contributed by atoms with Crippen molar-refractivity contribution in [1.82, 2.24) is 10.6 Å². The molecule has 0 heterocycles. The molecule has 0 saturated heterocycles. The lowest BCUT2D eigenvalue weighted by Gasteiger charge is -2.11. The van der Waals surface area contributed by atoms with Crippen molar-refractivity contribution < 1.29 is 4.79 Å². The van der Waals surface area contributed by atoms with Crippen molar-refractivity contribution >= 4 is 5.91 Å². The Hall–Kier alpha value is -0.830. The Morgan fingerprint density at radius 1 is 1.29 bits per heavy atom. The topological polar surface area (TPSA) is 41.1 Å². The molecular formula is C11H18N2O. The van der Waals surface area contributed by atoms with Gasteiger partial charge in [-0.05, 0) is 31.6 Å². The SMILES string of the molecule is O=C(CNC1CC=CC1)NCC1CC1. The lowest BCUT2D eigenvalue weighted by Crippen LogP contribution is -2.38. The Kier molecular flexibility index (Phi) is 3.19. The van der Waals surface area contributed by atoms with Crippen molar-refractivity contribution in [2.24, 2.45) is 5.92 Å². The predicted octanol–water partition coefficient (Wildman–Crippen LogP) is 0.821. The van der Waals surface area contributed by atoms with Crippen molar-refractivity contribution in [3.8, 4) is 0 Å². The molecule has 0 radical (unpaired) electrons. The maximum Gasteiger partial charge on any atom is 0.233 e. The Bertz CT molecular complexity index is 225. The summed E-state index contributed by atoms with van der Waals surface area (Å²) in [5.74, 6) is 0.913. The summed E-state index contributed by atoms with van der Waals surface area (Å²) in [4.78, 5) is 11.3. The zero-order chi connectivity index (χ0) is 9.80. The van der Waals surface area contributed by atoms with Gasteiger partial charge in [0.1, 0.15) is 0 Å². The summed E-state index contributed by atoms with van der Waals surface area (Å²) in [5.41, 5.74) is 0. The summed E-state index contributed by atoms with van der Waals surface area (Å²) in [7, 11) is 0. The number of amides is 1. The van der Waals surface area contributed by atoms with Crippen molar-refractivity contribution in [3.63, 3.8) is 0 Å². The van der Waals surface area contributed by atoms with Crippen LogP contribution in [0.5, 0.6) is 0 Å². The van der Waals surface area contributed by atoms with E-state index in [-0.39, 0.29) is 5.91 Å². The average molecular weight is 194 g/mol. The number of hydrogen-bond donors (Lipinski definition) is 2. The number of rotatable bonds is 5. The van der Waals surface area contributed by atoms with Gasteiger partial charge in [0.2, 0.25) is 5.91 Å². The van der Waals surface area contributed by atoms with Gasteiger partial charge < -0.3 is 10.6 Å². The molecule has 0 atom stereocenters. The van der Waals surface area contributed by atoms with Crippen LogP contribution in [0.4, 0.5) is 0 Å². The van der Waals surface area contributed by atoms with Crippen LogP contribution in [0.1, 0.15) is 25.7 Å². The molecule has 0 aromatic heterocycles. The zero-order valence-corrected chi connectivity index (χ0v) is 8.46. The van der Waals surface area contributed by atoms with E-state index >= 15 is 0 Å². The molecule has 2 aliphatic rings. The lowest BCUT2D eigenvalue weighted by molar-refractivity contribution is -0.120. The number of nitrogens with one attached hydrogen (secondary N) is 2. The lowest BCUT2D eigenvalue weighted by atomic mass is 10.2. The van der Waals surface area contributed by atoms with Crippen LogP contribution < -0.4 is 10.6 Å². The van der Waals surface area contributed by atoms with Crippen LogP contribution >= 0.6 is 0 Å². The molecule has 2 rings (SSSR count). The Balaban J connectivity index is 1.52. The molecular weight excluding hydrogens is 176 g/mol. The summed E-state index contributed by atoms with van der Waals surface area (Å²) in [6.45, 7) is 1.35. The van der Waals surface area contributed by atoms with Crippen LogP contribution in [0.25, 0.3) is 0 Å². The first-order chi connectivity index (χ1) is 6.84. The summed E-state index contributed by atoms with van der Waals surface area (Å²) >= 11 is 0. The van der Waals surface area contributed by atoms with E-state index < -0.39 is 0 Å². The van der Waals surface area contributed by atoms with Crippen LogP contribution in [-0.4, -0.2) is 25.0 Å². The molecule has 0 aromatic carbocycles. The minimum absolute atomic E-state index is 0.142. The van der Waals surface area contributed by atoms with Crippen molar-refractivity contribution in [3.05, 3.63) is 12.2 Å². The molecule has 14 heavy (non-hydrogen) atoms. The largest absolute Gasteiger partial charge is 0.355 e. The third-order valence-electron chi connectivity index (χ3n) is 2.84. The van der Waals surface area contributed by atoms with E-state index in [1.807, 2.05) is 0 Å². The monoisotopic (exact) mass is 194 g/mol. The molecule has 1 fully saturated rings. The summed E-state index contributed by atoms with van der Waals surface area (Å²) in [6, 6.07) is 0.488. The highest BCUT2D eigenvalue weighted by atomic mass is 16.1. The fraction of sp³-hybridized carbons (Fsp3) is 0.727. The standard InChI is InChI=1S/C11H18N2O/c14-11(13-7-9-5-6-9)8-12-10-3-1-2-4-10/h1-2,9-10,12H,3-8H2,(H,13,14). The van der Waals surface area contributed by atoms with Crippen LogP contribution in [0.15, 0.2) is 12.2 Å². The van der Waals surface area contributed by atoms with Gasteiger partial charge in [0, 0.05) is 12.6 Å². The van der Waals surface area contributed by atoms with Gasteiger partial charge in [-0.2, -0.15) is 0 Å². The highest BCUT2D eigenvalue weighted by Crippen LogP contribution is 2.27. The highest BCUT2D eigenvalue weighted by Gasteiger charge is 2.21. The normalized spacial score (nSPS) is 21.4. The van der Waals surface area contributed by atoms with Crippen LogP contribution in [0, 0.1) is 5.92 Å². The molecule has 1 amide bonds. The minimum Gasteiger partial charge on any atom is -0.355 e. The second-order valence-corrected chi connectivity index (χ2v) is 4.27. The Morgan fingerprint density at radius 2 is 2.00 bits per heavy atom.